The zero-order chi connectivity index (χ0) is 11.4. The van der Waals surface area contributed by atoms with Crippen LogP contribution >= 0.6 is 0 Å². The van der Waals surface area contributed by atoms with Gasteiger partial charge >= 0.3 is 5.97 Å². The summed E-state index contributed by atoms with van der Waals surface area (Å²) in [5.41, 5.74) is 1.15. The summed E-state index contributed by atoms with van der Waals surface area (Å²) in [6.45, 7) is 8.71. The maximum Gasteiger partial charge on any atom is 0.320 e. The van der Waals surface area contributed by atoms with Gasteiger partial charge in [-0.15, -0.1) is 0 Å². The van der Waals surface area contributed by atoms with E-state index in [1.54, 1.807) is 12.2 Å². The van der Waals surface area contributed by atoms with Gasteiger partial charge in [-0.25, -0.2) is 0 Å². The van der Waals surface area contributed by atoms with E-state index in [0.29, 0.717) is 0 Å². The fourth-order valence-corrected chi connectivity index (χ4v) is 0.366. The Labute approximate surface area is 83.6 Å². The van der Waals surface area contributed by atoms with Gasteiger partial charge in [0.1, 0.15) is 0 Å². The molecule has 0 aliphatic heterocycles. The predicted molar refractivity (Wildman–Crippen MR) is 55.5 cm³/mol. The SMILES string of the molecule is C=C/C=C(/C)C=C.O=[C-]NCC(=O)O.[Fm]. The summed E-state index contributed by atoms with van der Waals surface area (Å²) in [4.78, 5) is 18.7. The van der Waals surface area contributed by atoms with Crippen LogP contribution in [0.2, 0.25) is 0 Å². The minimum absolute atomic E-state index is 0. The molecule has 0 radical (unpaired) electrons. The second-order valence-corrected chi connectivity index (χ2v) is 2.20. The molecule has 15 heavy (non-hydrogen) atoms. The molecule has 0 bridgehead atoms. The van der Waals surface area contributed by atoms with E-state index in [1.165, 1.54) is 6.41 Å². The monoisotopic (exact) mass is 453 g/mol. The number of carbonyl (C=O) groups excluding carboxylic acids is 1. The van der Waals surface area contributed by atoms with Crippen LogP contribution in [0.3, 0.4) is 0 Å². The van der Waals surface area contributed by atoms with E-state index in [0.717, 1.165) is 5.57 Å². The van der Waals surface area contributed by atoms with Gasteiger partial charge in [0, 0.05) is 0 Å². The van der Waals surface area contributed by atoms with Crippen LogP contribution in [-0.4, -0.2) is 24.0 Å². The average Bonchev–Trinajstić information content (AvgIpc) is 2.16. The first-order valence-electron chi connectivity index (χ1n) is 3.82. The molecule has 0 aromatic rings. The summed E-state index contributed by atoms with van der Waals surface area (Å²) in [6, 6.07) is 0. The summed E-state index contributed by atoms with van der Waals surface area (Å²) >= 11 is 0. The molecular weight excluding hydrogens is 439 g/mol. The van der Waals surface area contributed by atoms with E-state index >= 15 is 0 Å². The van der Waals surface area contributed by atoms with Gasteiger partial charge in [0.15, 0.2) is 0 Å². The van der Waals surface area contributed by atoms with Gasteiger partial charge < -0.3 is 15.2 Å². The third-order valence-corrected chi connectivity index (χ3v) is 1.01. The number of hydrogen-bond acceptors (Lipinski definition) is 2. The Bertz CT molecular complexity index is 237. The fourth-order valence-electron chi connectivity index (χ4n) is 0.366. The predicted octanol–water partition coefficient (Wildman–Crippen LogP) is 1.03. The van der Waals surface area contributed by atoms with Gasteiger partial charge in [-0.1, -0.05) is 37.0 Å². The molecular formula is C10H14FmNO3-. The summed E-state index contributed by atoms with van der Waals surface area (Å²) in [6.07, 6.45) is 6.67. The number of nitrogens with one attached hydrogen (secondary N) is 1. The van der Waals surface area contributed by atoms with Gasteiger partial charge in [-0.3, -0.25) is 4.79 Å². The molecule has 5 heteroatoms. The molecule has 0 rings (SSSR count). The third-order valence-electron chi connectivity index (χ3n) is 1.01. The molecule has 0 saturated heterocycles. The first-order valence-corrected chi connectivity index (χ1v) is 3.82. The van der Waals surface area contributed by atoms with Crippen LogP contribution in [0.4, 0.5) is 0 Å². The average molecular weight is 453 g/mol. The van der Waals surface area contributed by atoms with Gasteiger partial charge in [-0.05, 0) is 6.92 Å². The zero-order valence-electron chi connectivity index (χ0n) is 8.41. The van der Waals surface area contributed by atoms with E-state index in [2.05, 4.69) is 13.2 Å². The molecule has 0 aromatic heterocycles. The number of amides is 1. The van der Waals surface area contributed by atoms with Crippen LogP contribution in [0.5, 0.6) is 0 Å². The van der Waals surface area contributed by atoms with Gasteiger partial charge in [-0.2, -0.15) is 6.41 Å². The van der Waals surface area contributed by atoms with E-state index < -0.39 is 5.97 Å². The normalized spacial score (nSPS) is 8.47. The fraction of sp³-hybridized carbons (Fsp3) is 0.200. The van der Waals surface area contributed by atoms with Crippen molar-refractivity contribution in [1.29, 1.82) is 0 Å². The van der Waals surface area contributed by atoms with Gasteiger partial charge in [0.05, 0.1) is 6.54 Å². The number of carbonyl (C=O) groups is 1. The molecule has 0 heterocycles. The van der Waals surface area contributed by atoms with Crippen molar-refractivity contribution < 1.29 is 14.7 Å². The first kappa shape index (κ1) is 18.0. The van der Waals surface area contributed by atoms with Crippen LogP contribution in [0.1, 0.15) is 6.92 Å². The van der Waals surface area contributed by atoms with Crippen molar-refractivity contribution in [2.75, 3.05) is 6.54 Å². The number of aliphatic carboxylic acids is 1. The minimum atomic E-state index is -1.07. The first-order chi connectivity index (χ1) is 6.58. The topological polar surface area (TPSA) is 66.4 Å². The van der Waals surface area contributed by atoms with Crippen molar-refractivity contribution >= 4 is 12.4 Å². The number of allylic oxidation sites excluding steroid dienone is 4. The van der Waals surface area contributed by atoms with Crippen LogP contribution in [0.25, 0.3) is 0 Å². The molecule has 0 spiro atoms. The van der Waals surface area contributed by atoms with Crippen molar-refractivity contribution in [3.8, 4) is 0 Å². The second-order valence-electron chi connectivity index (χ2n) is 2.20. The molecule has 90 valence electrons. The maximum atomic E-state index is 9.52. The second kappa shape index (κ2) is 13.7. The van der Waals surface area contributed by atoms with E-state index in [1.807, 2.05) is 18.3 Å². The quantitative estimate of drug-likeness (QED) is 0.372. The molecule has 0 aliphatic carbocycles. The standard InChI is InChI=1S/C7H10.C3H4NO3.Fm/c1-4-6-7(3)5-2;5-2-4-1-3(6)7;/h4-6H,1-2H2,3H3;1H2,(H,4,5)(H,6,7);/q;-1;/b7-6-;;. The smallest absolute Gasteiger partial charge is 0.320 e. The number of carboxylic acid groups (broad SMARTS) is 1. The van der Waals surface area contributed by atoms with Crippen LogP contribution in [0.15, 0.2) is 37.0 Å². The molecule has 0 saturated carbocycles. The van der Waals surface area contributed by atoms with Crippen molar-refractivity contribution in [2.45, 2.75) is 6.92 Å². The Kier molecular flexibility index (Phi) is 16.5. The molecule has 1 amide bonds. The molecule has 0 unspecified atom stereocenters. The van der Waals surface area contributed by atoms with Crippen molar-refractivity contribution in [3.05, 3.63) is 37.0 Å². The summed E-state index contributed by atoms with van der Waals surface area (Å²) in [5, 5.41) is 9.65. The Hall–Kier alpha value is -2.84. The Balaban J connectivity index is -0.000000180. The Morgan fingerprint density at radius 2 is 2.07 bits per heavy atom. The van der Waals surface area contributed by atoms with E-state index in [4.69, 9.17) is 5.11 Å². The van der Waals surface area contributed by atoms with Gasteiger partial charge in [0.2, 0.25) is 0 Å². The molecule has 0 fully saturated rings. The summed E-state index contributed by atoms with van der Waals surface area (Å²) in [5.74, 6) is -1.07. The maximum absolute atomic E-state index is 9.52. The minimum Gasteiger partial charge on any atom is -0.521 e. The van der Waals surface area contributed by atoms with E-state index in [-0.39, 0.29) is 6.54 Å². The number of rotatable bonds is 5. The number of carboxylic acids is 1. The largest absolute Gasteiger partial charge is 0.521 e. The molecule has 2 N–H and O–H groups in total. The third kappa shape index (κ3) is 24.7. The molecule has 4 nitrogen and oxygen atoms in total. The van der Waals surface area contributed by atoms with Crippen molar-refractivity contribution in [2.24, 2.45) is 0 Å². The number of hydrogen-bond donors (Lipinski definition) is 2. The summed E-state index contributed by atoms with van der Waals surface area (Å²) < 4.78 is 0. The zero-order valence-corrected chi connectivity index (χ0v) is 10.8. The van der Waals surface area contributed by atoms with Crippen LogP contribution in [0, 0.1) is 0 Å². The molecule has 0 aromatic carbocycles. The summed E-state index contributed by atoms with van der Waals surface area (Å²) in [7, 11) is 0. The van der Waals surface area contributed by atoms with Crippen LogP contribution < -0.4 is 5.32 Å². The Morgan fingerprint density at radius 1 is 1.53 bits per heavy atom. The van der Waals surface area contributed by atoms with Crippen LogP contribution in [-0.2, 0) is 9.59 Å². The molecule has 0 aliphatic rings. The molecule has 0 atom stereocenters. The van der Waals surface area contributed by atoms with Crippen molar-refractivity contribution in [1.82, 2.24) is 5.32 Å². The Morgan fingerprint density at radius 3 is 2.20 bits per heavy atom. The van der Waals surface area contributed by atoms with Gasteiger partial charge in [0.25, 0.3) is 0 Å². The van der Waals surface area contributed by atoms with E-state index in [9.17, 15) is 9.59 Å². The van der Waals surface area contributed by atoms with Crippen molar-refractivity contribution in [3.63, 3.8) is 0 Å².